The standard InChI is InChI=1S/C31H45N5O5/c1-21(2)18-24(28(38)36-13-9-11-25(36)29(39)35-16-14-34(6)15-17-35)33-27(37)23-10-7-8-12-26(23)40-19-22-20-41-30(32-22)31(3,4)5/h7-8,10,12,20-21,24-25H,9,11,13-19H2,1-6H3,(H,33,37)/t24-,25-/m1/s1. The van der Waals surface area contributed by atoms with Gasteiger partial charge in [0.05, 0.1) is 5.56 Å². The number of carbonyl (C=O) groups excluding carboxylic acids is 3. The van der Waals surface area contributed by atoms with Crippen LogP contribution in [0.1, 0.15) is 75.8 Å². The van der Waals surface area contributed by atoms with E-state index < -0.39 is 18.0 Å². The van der Waals surface area contributed by atoms with Gasteiger partial charge in [0.25, 0.3) is 5.91 Å². The molecule has 224 valence electrons. The number of likely N-dealkylation sites (N-methyl/N-ethyl adjacent to an activating group) is 1. The third-order valence-electron chi connectivity index (χ3n) is 7.65. The summed E-state index contributed by atoms with van der Waals surface area (Å²) in [6.07, 6.45) is 3.45. The molecule has 2 aromatic rings. The molecule has 41 heavy (non-hydrogen) atoms. The van der Waals surface area contributed by atoms with Crippen LogP contribution in [0.25, 0.3) is 0 Å². The molecule has 10 nitrogen and oxygen atoms in total. The number of carbonyl (C=O) groups is 3. The molecular weight excluding hydrogens is 522 g/mol. The molecule has 2 saturated heterocycles. The molecule has 3 heterocycles. The average Bonchev–Trinajstić information content (AvgIpc) is 3.61. The van der Waals surface area contributed by atoms with Gasteiger partial charge in [-0.15, -0.1) is 0 Å². The minimum Gasteiger partial charge on any atom is -0.486 e. The van der Waals surface area contributed by atoms with Crippen LogP contribution in [-0.2, 0) is 21.6 Å². The number of nitrogens with zero attached hydrogens (tertiary/aromatic N) is 4. The van der Waals surface area contributed by atoms with Crippen LogP contribution in [0.3, 0.4) is 0 Å². The molecular formula is C31H45N5O5. The van der Waals surface area contributed by atoms with Gasteiger partial charge in [-0.2, -0.15) is 0 Å². The third-order valence-corrected chi connectivity index (χ3v) is 7.65. The molecule has 0 unspecified atom stereocenters. The van der Waals surface area contributed by atoms with Crippen molar-refractivity contribution in [2.75, 3.05) is 39.8 Å². The molecule has 1 aromatic carbocycles. The maximum atomic E-state index is 13.9. The number of rotatable bonds is 9. The molecule has 0 radical (unpaired) electrons. The lowest BCUT2D eigenvalue weighted by atomic mass is 9.97. The van der Waals surface area contributed by atoms with E-state index in [9.17, 15) is 14.4 Å². The first kappa shape index (κ1) is 30.6. The topological polar surface area (TPSA) is 108 Å². The monoisotopic (exact) mass is 567 g/mol. The number of aromatic nitrogens is 1. The summed E-state index contributed by atoms with van der Waals surface area (Å²) in [6, 6.07) is 5.74. The van der Waals surface area contributed by atoms with E-state index in [4.69, 9.17) is 9.15 Å². The molecule has 4 rings (SSSR count). The summed E-state index contributed by atoms with van der Waals surface area (Å²) < 4.78 is 11.6. The van der Waals surface area contributed by atoms with E-state index in [-0.39, 0.29) is 29.8 Å². The molecule has 10 heteroatoms. The number of nitrogens with one attached hydrogen (secondary N) is 1. The Labute approximate surface area is 243 Å². The Morgan fingerprint density at radius 2 is 1.80 bits per heavy atom. The maximum Gasteiger partial charge on any atom is 0.255 e. The lowest BCUT2D eigenvalue weighted by Crippen LogP contribution is -2.56. The number of ether oxygens (including phenoxy) is 1. The van der Waals surface area contributed by atoms with E-state index in [1.165, 1.54) is 0 Å². The summed E-state index contributed by atoms with van der Waals surface area (Å²) in [4.78, 5) is 51.1. The molecule has 2 aliphatic rings. The molecule has 1 aromatic heterocycles. The lowest BCUT2D eigenvalue weighted by molar-refractivity contribution is -0.145. The fraction of sp³-hybridized carbons (Fsp3) is 0.613. The summed E-state index contributed by atoms with van der Waals surface area (Å²) in [6.45, 7) is 13.7. The van der Waals surface area contributed by atoms with E-state index in [0.29, 0.717) is 55.4 Å². The van der Waals surface area contributed by atoms with Gasteiger partial charge in [0.1, 0.15) is 36.4 Å². The number of hydrogen-bond donors (Lipinski definition) is 1. The van der Waals surface area contributed by atoms with Gasteiger partial charge in [-0.1, -0.05) is 46.8 Å². The molecule has 1 N–H and O–H groups in total. The van der Waals surface area contributed by atoms with Gasteiger partial charge in [-0.25, -0.2) is 4.98 Å². The van der Waals surface area contributed by atoms with Gasteiger partial charge >= 0.3 is 0 Å². The van der Waals surface area contributed by atoms with Crippen LogP contribution in [0.2, 0.25) is 0 Å². The summed E-state index contributed by atoms with van der Waals surface area (Å²) in [5.74, 6) is 0.590. The molecule has 3 amide bonds. The van der Waals surface area contributed by atoms with Gasteiger partial charge < -0.3 is 29.2 Å². The van der Waals surface area contributed by atoms with Crippen LogP contribution in [0.15, 0.2) is 34.9 Å². The second-order valence-corrected chi connectivity index (χ2v) is 12.7. The van der Waals surface area contributed by atoms with Gasteiger partial charge in [0.15, 0.2) is 5.89 Å². The Morgan fingerprint density at radius 3 is 2.46 bits per heavy atom. The van der Waals surface area contributed by atoms with E-state index in [1.807, 2.05) is 46.6 Å². The molecule has 0 bridgehead atoms. The van der Waals surface area contributed by atoms with Gasteiger partial charge in [-0.3, -0.25) is 14.4 Å². The minimum atomic E-state index is -0.749. The second kappa shape index (κ2) is 13.1. The Kier molecular flexibility index (Phi) is 9.73. The highest BCUT2D eigenvalue weighted by atomic mass is 16.5. The second-order valence-electron chi connectivity index (χ2n) is 12.7. The van der Waals surface area contributed by atoms with Crippen LogP contribution in [0, 0.1) is 5.92 Å². The first-order chi connectivity index (χ1) is 19.4. The highest BCUT2D eigenvalue weighted by Crippen LogP contribution is 2.25. The normalized spacial score (nSPS) is 19.0. The zero-order valence-corrected chi connectivity index (χ0v) is 25.3. The number of piperazine rings is 1. The van der Waals surface area contributed by atoms with Crippen molar-refractivity contribution in [1.29, 1.82) is 0 Å². The molecule has 2 fully saturated rings. The SMILES string of the molecule is CC(C)C[C@@H](NC(=O)c1ccccc1OCc1coc(C(C)(C)C)n1)C(=O)N1CCC[C@@H]1C(=O)N1CCN(C)CC1. The number of hydrogen-bond acceptors (Lipinski definition) is 7. The first-order valence-electron chi connectivity index (χ1n) is 14.7. The zero-order chi connectivity index (χ0) is 29.7. The number of likely N-dealkylation sites (tertiary alicyclic amines) is 1. The minimum absolute atomic E-state index is 0.0137. The first-order valence-corrected chi connectivity index (χ1v) is 14.7. The molecule has 2 atom stereocenters. The number of benzene rings is 1. The van der Waals surface area contributed by atoms with Crippen LogP contribution in [-0.4, -0.2) is 89.3 Å². The number of oxazole rings is 1. The lowest BCUT2D eigenvalue weighted by Gasteiger charge is -2.36. The zero-order valence-electron chi connectivity index (χ0n) is 25.3. The van der Waals surface area contributed by atoms with Crippen molar-refractivity contribution in [3.8, 4) is 5.75 Å². The van der Waals surface area contributed by atoms with E-state index in [1.54, 1.807) is 35.4 Å². The number of amides is 3. The smallest absolute Gasteiger partial charge is 0.255 e. The fourth-order valence-electron chi connectivity index (χ4n) is 5.30. The third kappa shape index (κ3) is 7.67. The summed E-state index contributed by atoms with van der Waals surface area (Å²) in [5, 5.41) is 2.97. The van der Waals surface area contributed by atoms with Crippen molar-refractivity contribution >= 4 is 17.7 Å². The predicted molar refractivity (Wildman–Crippen MR) is 155 cm³/mol. The van der Waals surface area contributed by atoms with Crippen molar-refractivity contribution < 1.29 is 23.5 Å². The summed E-state index contributed by atoms with van der Waals surface area (Å²) in [5.41, 5.74) is 0.737. The van der Waals surface area contributed by atoms with E-state index in [0.717, 1.165) is 19.5 Å². The van der Waals surface area contributed by atoms with Crippen molar-refractivity contribution in [3.05, 3.63) is 47.7 Å². The quantitative estimate of drug-likeness (QED) is 0.494. The Hall–Kier alpha value is -3.40. The fourth-order valence-corrected chi connectivity index (χ4v) is 5.30. The molecule has 0 aliphatic carbocycles. The van der Waals surface area contributed by atoms with Crippen molar-refractivity contribution in [3.63, 3.8) is 0 Å². The predicted octanol–water partition coefficient (Wildman–Crippen LogP) is 3.46. The Balaban J connectivity index is 1.45. The highest BCUT2D eigenvalue weighted by Gasteiger charge is 2.40. The van der Waals surface area contributed by atoms with E-state index >= 15 is 0 Å². The van der Waals surface area contributed by atoms with Crippen molar-refractivity contribution in [2.45, 2.75) is 78.0 Å². The van der Waals surface area contributed by atoms with Crippen LogP contribution >= 0.6 is 0 Å². The Morgan fingerprint density at radius 1 is 1.10 bits per heavy atom. The van der Waals surface area contributed by atoms with Crippen LogP contribution < -0.4 is 10.1 Å². The largest absolute Gasteiger partial charge is 0.486 e. The van der Waals surface area contributed by atoms with Gasteiger partial charge in [-0.05, 0) is 44.4 Å². The maximum absolute atomic E-state index is 13.9. The molecule has 0 spiro atoms. The number of para-hydroxylation sites is 1. The van der Waals surface area contributed by atoms with Crippen LogP contribution in [0.4, 0.5) is 0 Å². The Bertz CT molecular complexity index is 1210. The molecule has 0 saturated carbocycles. The highest BCUT2D eigenvalue weighted by molar-refractivity contribution is 6.00. The van der Waals surface area contributed by atoms with Crippen molar-refractivity contribution in [1.82, 2.24) is 25.0 Å². The van der Waals surface area contributed by atoms with Gasteiger partial charge in [0, 0.05) is 38.1 Å². The molecule has 2 aliphatic heterocycles. The van der Waals surface area contributed by atoms with Crippen molar-refractivity contribution in [2.24, 2.45) is 5.92 Å². The van der Waals surface area contributed by atoms with Gasteiger partial charge in [0.2, 0.25) is 11.8 Å². The van der Waals surface area contributed by atoms with Crippen LogP contribution in [0.5, 0.6) is 5.75 Å². The summed E-state index contributed by atoms with van der Waals surface area (Å²) in [7, 11) is 2.05. The average molecular weight is 568 g/mol. The van der Waals surface area contributed by atoms with E-state index in [2.05, 4.69) is 15.2 Å². The summed E-state index contributed by atoms with van der Waals surface area (Å²) >= 11 is 0.